The van der Waals surface area contributed by atoms with E-state index in [1.165, 1.54) is 12.1 Å². The number of nitrogens with zero attached hydrogens (tertiary/aromatic N) is 1. The number of aromatic hydroxyl groups is 1. The minimum absolute atomic E-state index is 0.00776. The monoisotopic (exact) mass is 440 g/mol. The number of hydrogen-bond donors (Lipinski definition) is 8. The highest BCUT2D eigenvalue weighted by molar-refractivity contribution is 7.80. The highest BCUT2D eigenvalue weighted by Gasteiger charge is 2.27. The Morgan fingerprint density at radius 2 is 1.67 bits per heavy atom. The van der Waals surface area contributed by atoms with Gasteiger partial charge in [0.2, 0.25) is 11.8 Å². The Balaban J connectivity index is 2.86. The lowest BCUT2D eigenvalue weighted by Gasteiger charge is -2.22. The third-order valence-corrected chi connectivity index (χ3v) is 4.50. The van der Waals surface area contributed by atoms with E-state index in [0.717, 1.165) is 0 Å². The molecule has 0 aromatic heterocycles. The molecule has 3 atom stereocenters. The van der Waals surface area contributed by atoms with Crippen LogP contribution < -0.4 is 27.8 Å². The maximum Gasteiger partial charge on any atom is 0.326 e. The van der Waals surface area contributed by atoms with Gasteiger partial charge in [0, 0.05) is 18.7 Å². The predicted octanol–water partition coefficient (Wildman–Crippen LogP) is -1.70. The second kappa shape index (κ2) is 12.5. The van der Waals surface area contributed by atoms with Crippen molar-refractivity contribution in [2.45, 2.75) is 37.4 Å². The fourth-order valence-electron chi connectivity index (χ4n) is 2.47. The standard InChI is InChI=1S/C18H28N6O5S/c19-12(9-30)15(26)23-13(2-1-7-22-18(20)21)16(27)24-14(17(28)29)8-10-3-5-11(25)6-4-10/h3-6,12-14,25,30H,1-2,7-9,19H2,(H,23,26)(H,24,27)(H,28,29)(H4,20,21,22)/t12-,13-,14-/m0/s1. The number of thiol groups is 1. The van der Waals surface area contributed by atoms with Crippen LogP contribution in [0.15, 0.2) is 29.3 Å². The number of carboxylic acids is 1. The summed E-state index contributed by atoms with van der Waals surface area (Å²) in [5, 5.41) is 23.8. The fraction of sp³-hybridized carbons (Fsp3) is 0.444. The third kappa shape index (κ3) is 9.01. The van der Waals surface area contributed by atoms with Crippen LogP contribution in [0.5, 0.6) is 5.75 Å². The summed E-state index contributed by atoms with van der Waals surface area (Å²) in [7, 11) is 0. The lowest BCUT2D eigenvalue weighted by molar-refractivity contribution is -0.142. The van der Waals surface area contributed by atoms with Crippen LogP contribution in [0, 0.1) is 0 Å². The van der Waals surface area contributed by atoms with E-state index in [9.17, 15) is 24.6 Å². The average Bonchev–Trinajstić information content (AvgIpc) is 2.70. The van der Waals surface area contributed by atoms with Gasteiger partial charge < -0.3 is 38.0 Å². The number of rotatable bonds is 12. The van der Waals surface area contributed by atoms with Gasteiger partial charge in [-0.25, -0.2) is 4.79 Å². The van der Waals surface area contributed by atoms with Crippen LogP contribution >= 0.6 is 12.6 Å². The lowest BCUT2D eigenvalue weighted by Crippen LogP contribution is -2.55. The number of phenols is 1. The van der Waals surface area contributed by atoms with Crippen molar-refractivity contribution >= 4 is 36.4 Å². The summed E-state index contributed by atoms with van der Waals surface area (Å²) in [6.45, 7) is 0.233. The van der Waals surface area contributed by atoms with Crippen LogP contribution in [0.3, 0.4) is 0 Å². The minimum atomic E-state index is -1.24. The van der Waals surface area contributed by atoms with E-state index in [0.29, 0.717) is 12.0 Å². The second-order valence-electron chi connectivity index (χ2n) is 6.57. The van der Waals surface area contributed by atoms with Gasteiger partial charge in [-0.05, 0) is 30.5 Å². The first-order chi connectivity index (χ1) is 14.1. The summed E-state index contributed by atoms with van der Waals surface area (Å²) in [5.74, 6) is -2.49. The molecule has 1 aromatic rings. The van der Waals surface area contributed by atoms with Crippen LogP contribution in [0.4, 0.5) is 0 Å². The van der Waals surface area contributed by atoms with E-state index in [1.807, 2.05) is 0 Å². The average molecular weight is 441 g/mol. The van der Waals surface area contributed by atoms with Crippen molar-refractivity contribution in [3.8, 4) is 5.75 Å². The highest BCUT2D eigenvalue weighted by atomic mass is 32.1. The lowest BCUT2D eigenvalue weighted by atomic mass is 10.0. The summed E-state index contributed by atoms with van der Waals surface area (Å²) in [5.41, 5.74) is 16.8. The molecular weight excluding hydrogens is 412 g/mol. The van der Waals surface area contributed by atoms with Gasteiger partial charge in [0.25, 0.3) is 0 Å². The van der Waals surface area contributed by atoms with Gasteiger partial charge in [0.15, 0.2) is 5.96 Å². The van der Waals surface area contributed by atoms with Gasteiger partial charge in [-0.15, -0.1) is 0 Å². The number of carbonyl (C=O) groups excluding carboxylic acids is 2. The number of carboxylic acid groups (broad SMARTS) is 1. The van der Waals surface area contributed by atoms with Crippen molar-refractivity contribution in [3.63, 3.8) is 0 Å². The summed E-state index contributed by atoms with van der Waals surface area (Å²) < 4.78 is 0. The molecule has 12 heteroatoms. The van der Waals surface area contributed by atoms with E-state index in [4.69, 9.17) is 17.2 Å². The summed E-state index contributed by atoms with van der Waals surface area (Å²) in [6.07, 6.45) is 0.521. The number of phenolic OH excluding ortho intramolecular Hbond substituents is 1. The molecule has 2 amide bonds. The molecule has 0 saturated carbocycles. The van der Waals surface area contributed by atoms with E-state index in [1.54, 1.807) is 12.1 Å². The summed E-state index contributed by atoms with van der Waals surface area (Å²) >= 11 is 3.95. The number of aliphatic carboxylic acids is 1. The molecule has 1 rings (SSSR count). The van der Waals surface area contributed by atoms with Gasteiger partial charge in [-0.2, -0.15) is 12.6 Å². The molecule has 0 radical (unpaired) electrons. The van der Waals surface area contributed by atoms with Crippen molar-refractivity contribution in [1.29, 1.82) is 0 Å². The third-order valence-electron chi connectivity index (χ3n) is 4.10. The number of nitrogens with two attached hydrogens (primary N) is 3. The zero-order chi connectivity index (χ0) is 22.7. The molecule has 0 unspecified atom stereocenters. The van der Waals surface area contributed by atoms with E-state index in [-0.39, 0.29) is 36.8 Å². The maximum atomic E-state index is 12.7. The molecule has 0 spiro atoms. The first kappa shape index (κ1) is 25.0. The molecule has 0 aliphatic rings. The Bertz CT molecular complexity index is 754. The molecular formula is C18H28N6O5S. The van der Waals surface area contributed by atoms with Crippen molar-refractivity contribution < 1.29 is 24.6 Å². The number of amides is 2. The SMILES string of the molecule is NC(N)=NCCC[C@H](NC(=O)[C@@H](N)CS)C(=O)N[C@@H](Cc1ccc(O)cc1)C(=O)O. The van der Waals surface area contributed by atoms with Crippen molar-refractivity contribution in [2.24, 2.45) is 22.2 Å². The Hall–Kier alpha value is -2.99. The van der Waals surface area contributed by atoms with E-state index < -0.39 is 35.9 Å². The largest absolute Gasteiger partial charge is 0.508 e. The van der Waals surface area contributed by atoms with Crippen LogP contribution in [-0.4, -0.2) is 64.4 Å². The molecule has 0 bridgehead atoms. The Morgan fingerprint density at radius 1 is 1.07 bits per heavy atom. The summed E-state index contributed by atoms with van der Waals surface area (Å²) in [4.78, 5) is 40.2. The highest BCUT2D eigenvalue weighted by Crippen LogP contribution is 2.12. The first-order valence-corrected chi connectivity index (χ1v) is 9.80. The predicted molar refractivity (Wildman–Crippen MR) is 115 cm³/mol. The van der Waals surface area contributed by atoms with Gasteiger partial charge >= 0.3 is 5.97 Å². The van der Waals surface area contributed by atoms with Gasteiger partial charge in [0.1, 0.15) is 17.8 Å². The van der Waals surface area contributed by atoms with Crippen LogP contribution in [0.25, 0.3) is 0 Å². The molecule has 10 N–H and O–H groups in total. The summed E-state index contributed by atoms with van der Waals surface area (Å²) in [6, 6.07) is 2.75. The van der Waals surface area contributed by atoms with Gasteiger partial charge in [0.05, 0.1) is 6.04 Å². The first-order valence-electron chi connectivity index (χ1n) is 9.17. The molecule has 0 fully saturated rings. The molecule has 0 aliphatic carbocycles. The minimum Gasteiger partial charge on any atom is -0.508 e. The quantitative estimate of drug-likeness (QED) is 0.0811. The molecule has 0 saturated heterocycles. The molecule has 0 heterocycles. The van der Waals surface area contributed by atoms with Crippen molar-refractivity contribution in [3.05, 3.63) is 29.8 Å². The maximum absolute atomic E-state index is 12.7. The normalized spacial score (nSPS) is 13.5. The number of guanidine groups is 1. The zero-order valence-corrected chi connectivity index (χ0v) is 17.2. The van der Waals surface area contributed by atoms with E-state index in [2.05, 4.69) is 28.3 Å². The molecule has 0 aliphatic heterocycles. The number of benzene rings is 1. The van der Waals surface area contributed by atoms with Crippen molar-refractivity contribution in [1.82, 2.24) is 10.6 Å². The zero-order valence-electron chi connectivity index (χ0n) is 16.3. The fourth-order valence-corrected chi connectivity index (χ4v) is 2.64. The van der Waals surface area contributed by atoms with Gasteiger partial charge in [-0.1, -0.05) is 12.1 Å². The molecule has 166 valence electrons. The van der Waals surface area contributed by atoms with Gasteiger partial charge in [-0.3, -0.25) is 14.6 Å². The van der Waals surface area contributed by atoms with Crippen LogP contribution in [0.2, 0.25) is 0 Å². The Kier molecular flexibility index (Phi) is 10.5. The second-order valence-corrected chi connectivity index (χ2v) is 6.93. The van der Waals surface area contributed by atoms with Crippen LogP contribution in [0.1, 0.15) is 18.4 Å². The Labute approximate surface area is 179 Å². The Morgan fingerprint density at radius 3 is 2.20 bits per heavy atom. The number of carbonyl (C=O) groups is 3. The smallest absolute Gasteiger partial charge is 0.326 e. The van der Waals surface area contributed by atoms with Crippen molar-refractivity contribution in [2.75, 3.05) is 12.3 Å². The topological polar surface area (TPSA) is 206 Å². The number of aliphatic imine (C=N–C) groups is 1. The molecule has 30 heavy (non-hydrogen) atoms. The molecule has 11 nitrogen and oxygen atoms in total. The van der Waals surface area contributed by atoms with Crippen LogP contribution in [-0.2, 0) is 20.8 Å². The molecule has 1 aromatic carbocycles. The van der Waals surface area contributed by atoms with E-state index >= 15 is 0 Å². The number of nitrogens with one attached hydrogen (secondary N) is 2. The number of hydrogen-bond acceptors (Lipinski definition) is 7.